The Hall–Kier alpha value is -2.47. The third kappa shape index (κ3) is 5.14. The number of hydrogen-bond acceptors (Lipinski definition) is 3. The summed E-state index contributed by atoms with van der Waals surface area (Å²) in [6.45, 7) is 0.504. The minimum absolute atomic E-state index is 0.256. The number of hydrazone groups is 1. The van der Waals surface area contributed by atoms with E-state index in [-0.39, 0.29) is 5.82 Å². The van der Waals surface area contributed by atoms with Gasteiger partial charge in [-0.05, 0) is 59.7 Å². The number of ether oxygens (including phenoxy) is 1. The van der Waals surface area contributed by atoms with Gasteiger partial charge in [0.25, 0.3) is 0 Å². The lowest BCUT2D eigenvalue weighted by atomic mass is 10.2. The summed E-state index contributed by atoms with van der Waals surface area (Å²) in [6, 6.07) is 13.7. The Kier molecular flexibility index (Phi) is 5.85. The molecule has 2 aromatic carbocycles. The van der Waals surface area contributed by atoms with Gasteiger partial charge in [0.15, 0.2) is 5.11 Å². The zero-order valence-electron chi connectivity index (χ0n) is 12.0. The predicted molar refractivity (Wildman–Crippen MR) is 89.6 cm³/mol. The van der Waals surface area contributed by atoms with Crippen LogP contribution in [-0.4, -0.2) is 18.4 Å². The van der Waals surface area contributed by atoms with Crippen LogP contribution in [0.15, 0.2) is 53.6 Å². The third-order valence-corrected chi connectivity index (χ3v) is 3.10. The van der Waals surface area contributed by atoms with E-state index in [0.29, 0.717) is 11.7 Å². The van der Waals surface area contributed by atoms with E-state index < -0.39 is 0 Å². The van der Waals surface area contributed by atoms with Crippen LogP contribution >= 0.6 is 12.2 Å². The number of thiocarbonyl (C=S) groups is 1. The van der Waals surface area contributed by atoms with Crippen LogP contribution in [0.5, 0.6) is 5.75 Å². The van der Waals surface area contributed by atoms with E-state index in [2.05, 4.69) is 15.8 Å². The number of methoxy groups -OCH3 is 1. The van der Waals surface area contributed by atoms with Crippen LogP contribution in [0.1, 0.15) is 11.1 Å². The molecule has 0 aliphatic carbocycles. The first-order valence-corrected chi connectivity index (χ1v) is 7.03. The molecule has 0 fully saturated rings. The van der Waals surface area contributed by atoms with Gasteiger partial charge in [0.2, 0.25) is 0 Å². The first-order valence-electron chi connectivity index (χ1n) is 6.63. The molecule has 0 saturated carbocycles. The van der Waals surface area contributed by atoms with Crippen LogP contribution in [0.4, 0.5) is 4.39 Å². The molecule has 0 aromatic heterocycles. The van der Waals surface area contributed by atoms with Gasteiger partial charge in [-0.1, -0.05) is 12.1 Å². The highest BCUT2D eigenvalue weighted by molar-refractivity contribution is 7.80. The Bertz CT molecular complexity index is 641. The smallest absolute Gasteiger partial charge is 0.187 e. The van der Waals surface area contributed by atoms with E-state index in [0.717, 1.165) is 16.9 Å². The van der Waals surface area contributed by atoms with Gasteiger partial charge in [-0.15, -0.1) is 0 Å². The summed E-state index contributed by atoms with van der Waals surface area (Å²) in [7, 11) is 1.62. The van der Waals surface area contributed by atoms with Crippen molar-refractivity contribution in [2.75, 3.05) is 7.11 Å². The standard InChI is InChI=1S/C16H16FN3OS/c1-21-15-8-4-13(5-9-15)11-19-20-16(22)18-10-12-2-6-14(17)7-3-12/h2-9,11H,10H2,1H3,(H2,18,20,22)/b19-11-. The molecule has 0 radical (unpaired) electrons. The van der Waals surface area contributed by atoms with Crippen molar-refractivity contribution < 1.29 is 9.13 Å². The van der Waals surface area contributed by atoms with Gasteiger partial charge < -0.3 is 10.1 Å². The van der Waals surface area contributed by atoms with E-state index in [4.69, 9.17) is 17.0 Å². The number of nitrogens with one attached hydrogen (secondary N) is 2. The molecule has 4 nitrogen and oxygen atoms in total. The van der Waals surface area contributed by atoms with Crippen molar-refractivity contribution in [1.82, 2.24) is 10.7 Å². The third-order valence-electron chi connectivity index (χ3n) is 2.86. The van der Waals surface area contributed by atoms with Crippen molar-refractivity contribution in [3.05, 3.63) is 65.5 Å². The van der Waals surface area contributed by atoms with Gasteiger partial charge in [0.1, 0.15) is 11.6 Å². The summed E-state index contributed by atoms with van der Waals surface area (Å²) >= 11 is 5.10. The summed E-state index contributed by atoms with van der Waals surface area (Å²) in [5, 5.41) is 7.43. The summed E-state index contributed by atoms with van der Waals surface area (Å²) in [4.78, 5) is 0. The molecule has 0 saturated heterocycles. The first kappa shape index (κ1) is 15.9. The van der Waals surface area contributed by atoms with Gasteiger partial charge in [0, 0.05) is 6.54 Å². The molecule has 0 atom stereocenters. The molecule has 0 spiro atoms. The SMILES string of the molecule is COc1ccc(/C=N\NC(=S)NCc2ccc(F)cc2)cc1. The van der Waals surface area contributed by atoms with Gasteiger partial charge in [0.05, 0.1) is 13.3 Å². The van der Waals surface area contributed by atoms with Gasteiger partial charge in [-0.2, -0.15) is 5.10 Å². The lowest BCUT2D eigenvalue weighted by Crippen LogP contribution is -2.31. The number of hydrogen-bond donors (Lipinski definition) is 2. The molecule has 6 heteroatoms. The maximum Gasteiger partial charge on any atom is 0.187 e. The lowest BCUT2D eigenvalue weighted by molar-refractivity contribution is 0.415. The Balaban J connectivity index is 1.76. The molecule has 2 rings (SSSR count). The Morgan fingerprint density at radius 1 is 1.18 bits per heavy atom. The summed E-state index contributed by atoms with van der Waals surface area (Å²) < 4.78 is 17.9. The minimum Gasteiger partial charge on any atom is -0.497 e. The zero-order chi connectivity index (χ0) is 15.8. The molecule has 0 unspecified atom stereocenters. The predicted octanol–water partition coefficient (Wildman–Crippen LogP) is 2.83. The monoisotopic (exact) mass is 317 g/mol. The van der Waals surface area contributed by atoms with E-state index in [9.17, 15) is 4.39 Å². The first-order chi connectivity index (χ1) is 10.7. The Morgan fingerprint density at radius 3 is 2.50 bits per heavy atom. The maximum atomic E-state index is 12.8. The molecule has 2 aromatic rings. The molecule has 0 bridgehead atoms. The van der Waals surface area contributed by atoms with Crippen LogP contribution in [0.25, 0.3) is 0 Å². The molecule has 114 valence electrons. The molecule has 22 heavy (non-hydrogen) atoms. The molecular weight excluding hydrogens is 301 g/mol. The van der Waals surface area contributed by atoms with Crippen molar-refractivity contribution in [3.63, 3.8) is 0 Å². The fraction of sp³-hybridized carbons (Fsp3) is 0.125. The van der Waals surface area contributed by atoms with Crippen LogP contribution in [0.3, 0.4) is 0 Å². The molecule has 0 aliphatic heterocycles. The van der Waals surface area contributed by atoms with E-state index in [1.54, 1.807) is 25.5 Å². The van der Waals surface area contributed by atoms with Crippen molar-refractivity contribution in [2.24, 2.45) is 5.10 Å². The van der Waals surface area contributed by atoms with Gasteiger partial charge >= 0.3 is 0 Å². The van der Waals surface area contributed by atoms with Crippen LogP contribution in [-0.2, 0) is 6.54 Å². The maximum absolute atomic E-state index is 12.8. The number of benzene rings is 2. The van der Waals surface area contributed by atoms with E-state index in [1.807, 2.05) is 24.3 Å². The zero-order valence-corrected chi connectivity index (χ0v) is 12.9. The fourth-order valence-electron chi connectivity index (χ4n) is 1.68. The number of rotatable bonds is 5. The normalized spacial score (nSPS) is 10.5. The highest BCUT2D eigenvalue weighted by Crippen LogP contribution is 2.09. The van der Waals surface area contributed by atoms with Gasteiger partial charge in [-0.25, -0.2) is 4.39 Å². The molecule has 0 aliphatic rings. The van der Waals surface area contributed by atoms with Gasteiger partial charge in [-0.3, -0.25) is 5.43 Å². The lowest BCUT2D eigenvalue weighted by Gasteiger charge is -2.07. The topological polar surface area (TPSA) is 45.6 Å². The molecular formula is C16H16FN3OS. The van der Waals surface area contributed by atoms with E-state index >= 15 is 0 Å². The fourth-order valence-corrected chi connectivity index (χ4v) is 1.80. The number of nitrogens with zero attached hydrogens (tertiary/aromatic N) is 1. The summed E-state index contributed by atoms with van der Waals surface area (Å²) in [6.07, 6.45) is 1.66. The summed E-state index contributed by atoms with van der Waals surface area (Å²) in [5.74, 6) is 0.537. The van der Waals surface area contributed by atoms with Crippen LogP contribution < -0.4 is 15.5 Å². The second kappa shape index (κ2) is 8.09. The molecule has 0 heterocycles. The highest BCUT2D eigenvalue weighted by atomic mass is 32.1. The average Bonchev–Trinajstić information content (AvgIpc) is 2.55. The van der Waals surface area contributed by atoms with Crippen LogP contribution in [0, 0.1) is 5.82 Å². The molecule has 0 amide bonds. The largest absolute Gasteiger partial charge is 0.497 e. The highest BCUT2D eigenvalue weighted by Gasteiger charge is 1.96. The van der Waals surface area contributed by atoms with Crippen molar-refractivity contribution in [1.29, 1.82) is 0 Å². The Morgan fingerprint density at radius 2 is 1.86 bits per heavy atom. The van der Waals surface area contributed by atoms with Crippen molar-refractivity contribution in [2.45, 2.75) is 6.54 Å². The Labute approximate surface area is 134 Å². The van der Waals surface area contributed by atoms with Crippen molar-refractivity contribution in [3.8, 4) is 5.75 Å². The van der Waals surface area contributed by atoms with Crippen molar-refractivity contribution >= 4 is 23.5 Å². The quantitative estimate of drug-likeness (QED) is 0.506. The second-order valence-electron chi connectivity index (χ2n) is 4.45. The molecule has 2 N–H and O–H groups in total. The van der Waals surface area contributed by atoms with E-state index in [1.165, 1.54) is 12.1 Å². The average molecular weight is 317 g/mol. The number of halogens is 1. The summed E-state index contributed by atoms with van der Waals surface area (Å²) in [5.41, 5.74) is 4.59. The minimum atomic E-state index is -0.256. The second-order valence-corrected chi connectivity index (χ2v) is 4.86. The van der Waals surface area contributed by atoms with Crippen LogP contribution in [0.2, 0.25) is 0 Å².